The second kappa shape index (κ2) is 12.0. The summed E-state index contributed by atoms with van der Waals surface area (Å²) in [5.74, 6) is -0.00761. The molecule has 0 aliphatic heterocycles. The molecule has 0 saturated heterocycles. The Labute approximate surface area is 191 Å². The van der Waals surface area contributed by atoms with Gasteiger partial charge in [0.25, 0.3) is 5.91 Å². The van der Waals surface area contributed by atoms with E-state index in [2.05, 4.69) is 21.2 Å². The molecule has 0 unspecified atom stereocenters. The standard InChI is InChI=1S/C23H28BrClN2O3/c1-4-16(3)26-23(29)20(5-2)27(14-17-9-7-6-8-10-17)22(28)15-30-21-12-11-18(24)13-19(21)25/h6-13,16,20H,4-5,14-15H2,1-3H3,(H,26,29)/t16-,20+/m0/s1. The maximum atomic E-state index is 13.1. The van der Waals surface area contributed by atoms with Crippen LogP contribution in [0, 0.1) is 0 Å². The predicted octanol–water partition coefficient (Wildman–Crippen LogP) is 5.20. The van der Waals surface area contributed by atoms with Crippen molar-refractivity contribution < 1.29 is 14.3 Å². The zero-order valence-electron chi connectivity index (χ0n) is 17.5. The number of amides is 2. The van der Waals surface area contributed by atoms with E-state index in [0.29, 0.717) is 23.7 Å². The molecule has 0 saturated carbocycles. The first kappa shape index (κ1) is 24.2. The first-order valence-corrected chi connectivity index (χ1v) is 11.2. The van der Waals surface area contributed by atoms with Gasteiger partial charge < -0.3 is 15.0 Å². The Morgan fingerprint density at radius 1 is 1.13 bits per heavy atom. The van der Waals surface area contributed by atoms with E-state index >= 15 is 0 Å². The third-order valence-electron chi connectivity index (χ3n) is 4.83. The molecule has 2 amide bonds. The van der Waals surface area contributed by atoms with E-state index < -0.39 is 6.04 Å². The molecule has 0 aromatic heterocycles. The van der Waals surface area contributed by atoms with Crippen LogP contribution in [0.4, 0.5) is 0 Å². The number of carbonyl (C=O) groups is 2. The van der Waals surface area contributed by atoms with Crippen LogP contribution in [0.1, 0.15) is 39.2 Å². The van der Waals surface area contributed by atoms with Gasteiger partial charge in [0.15, 0.2) is 6.61 Å². The van der Waals surface area contributed by atoms with Gasteiger partial charge in [0, 0.05) is 17.1 Å². The summed E-state index contributed by atoms with van der Waals surface area (Å²) in [6.07, 6.45) is 1.32. The van der Waals surface area contributed by atoms with Crippen molar-refractivity contribution in [3.05, 3.63) is 63.6 Å². The van der Waals surface area contributed by atoms with Gasteiger partial charge in [-0.3, -0.25) is 9.59 Å². The molecular formula is C23H28BrClN2O3. The average molecular weight is 496 g/mol. The smallest absolute Gasteiger partial charge is 0.261 e. The highest BCUT2D eigenvalue weighted by Crippen LogP contribution is 2.27. The lowest BCUT2D eigenvalue weighted by Gasteiger charge is -2.31. The van der Waals surface area contributed by atoms with Crippen molar-refractivity contribution >= 4 is 39.3 Å². The first-order valence-electron chi connectivity index (χ1n) is 10.1. The molecular weight excluding hydrogens is 468 g/mol. The van der Waals surface area contributed by atoms with Gasteiger partial charge >= 0.3 is 0 Å². The van der Waals surface area contributed by atoms with Crippen LogP contribution in [0.25, 0.3) is 0 Å². The van der Waals surface area contributed by atoms with Crippen molar-refractivity contribution in [3.63, 3.8) is 0 Å². The minimum atomic E-state index is -0.587. The highest BCUT2D eigenvalue weighted by Gasteiger charge is 2.29. The van der Waals surface area contributed by atoms with Crippen LogP contribution in [0.3, 0.4) is 0 Å². The van der Waals surface area contributed by atoms with E-state index in [4.69, 9.17) is 16.3 Å². The summed E-state index contributed by atoms with van der Waals surface area (Å²) in [6, 6.07) is 14.3. The largest absolute Gasteiger partial charge is 0.482 e. The third-order valence-corrected chi connectivity index (χ3v) is 5.62. The van der Waals surface area contributed by atoms with Crippen molar-refractivity contribution in [1.82, 2.24) is 10.2 Å². The van der Waals surface area contributed by atoms with Crippen LogP contribution in [0.15, 0.2) is 53.0 Å². The summed E-state index contributed by atoms with van der Waals surface area (Å²) in [7, 11) is 0. The highest BCUT2D eigenvalue weighted by atomic mass is 79.9. The van der Waals surface area contributed by atoms with E-state index in [1.54, 1.807) is 23.1 Å². The molecule has 1 N–H and O–H groups in total. The van der Waals surface area contributed by atoms with Crippen molar-refractivity contribution in [3.8, 4) is 5.75 Å². The summed E-state index contributed by atoms with van der Waals surface area (Å²) in [6.45, 7) is 5.98. The van der Waals surface area contributed by atoms with Crippen molar-refractivity contribution in [2.45, 2.75) is 52.2 Å². The Bertz CT molecular complexity index is 848. The Balaban J connectivity index is 2.20. The van der Waals surface area contributed by atoms with Crippen LogP contribution in [0.2, 0.25) is 5.02 Å². The summed E-state index contributed by atoms with van der Waals surface area (Å²) < 4.78 is 6.50. The molecule has 0 radical (unpaired) electrons. The Morgan fingerprint density at radius 3 is 2.43 bits per heavy atom. The van der Waals surface area contributed by atoms with Gasteiger partial charge in [-0.1, -0.05) is 71.7 Å². The van der Waals surface area contributed by atoms with E-state index in [-0.39, 0.29) is 24.5 Å². The van der Waals surface area contributed by atoms with Crippen LogP contribution in [0.5, 0.6) is 5.75 Å². The summed E-state index contributed by atoms with van der Waals surface area (Å²) in [5, 5.41) is 3.40. The molecule has 2 atom stereocenters. The fraction of sp³-hybridized carbons (Fsp3) is 0.391. The van der Waals surface area contributed by atoms with Gasteiger partial charge in [-0.15, -0.1) is 0 Å². The number of hydrogen-bond acceptors (Lipinski definition) is 3. The molecule has 5 nitrogen and oxygen atoms in total. The molecule has 30 heavy (non-hydrogen) atoms. The summed E-state index contributed by atoms with van der Waals surface area (Å²) >= 11 is 9.54. The quantitative estimate of drug-likeness (QED) is 0.493. The average Bonchev–Trinajstić information content (AvgIpc) is 2.73. The first-order chi connectivity index (χ1) is 14.3. The molecule has 0 aliphatic carbocycles. The van der Waals surface area contributed by atoms with E-state index in [9.17, 15) is 9.59 Å². The van der Waals surface area contributed by atoms with Gasteiger partial charge in [-0.25, -0.2) is 0 Å². The second-order valence-corrected chi connectivity index (χ2v) is 8.44. The molecule has 7 heteroatoms. The predicted molar refractivity (Wildman–Crippen MR) is 124 cm³/mol. The topological polar surface area (TPSA) is 58.6 Å². The van der Waals surface area contributed by atoms with Crippen LogP contribution in [-0.2, 0) is 16.1 Å². The van der Waals surface area contributed by atoms with E-state index in [0.717, 1.165) is 16.5 Å². The number of benzene rings is 2. The highest BCUT2D eigenvalue weighted by molar-refractivity contribution is 9.10. The van der Waals surface area contributed by atoms with E-state index in [1.165, 1.54) is 0 Å². The zero-order chi connectivity index (χ0) is 22.1. The van der Waals surface area contributed by atoms with E-state index in [1.807, 2.05) is 51.1 Å². The number of nitrogens with zero attached hydrogens (tertiary/aromatic N) is 1. The maximum absolute atomic E-state index is 13.1. The number of halogens is 2. The molecule has 2 aromatic carbocycles. The number of rotatable bonds is 10. The van der Waals surface area contributed by atoms with Crippen LogP contribution < -0.4 is 10.1 Å². The summed E-state index contributed by atoms with van der Waals surface area (Å²) in [4.78, 5) is 27.6. The van der Waals surface area contributed by atoms with Crippen molar-refractivity contribution in [1.29, 1.82) is 0 Å². The lowest BCUT2D eigenvalue weighted by atomic mass is 10.1. The van der Waals surface area contributed by atoms with Gasteiger partial charge in [-0.2, -0.15) is 0 Å². The Morgan fingerprint density at radius 2 is 1.83 bits per heavy atom. The number of hydrogen-bond donors (Lipinski definition) is 1. The van der Waals surface area contributed by atoms with Gasteiger partial charge in [0.2, 0.25) is 5.91 Å². The molecule has 2 aromatic rings. The lowest BCUT2D eigenvalue weighted by molar-refractivity contribution is -0.143. The molecule has 162 valence electrons. The molecule has 0 heterocycles. The Kier molecular flexibility index (Phi) is 9.66. The second-order valence-electron chi connectivity index (χ2n) is 7.11. The molecule has 0 spiro atoms. The minimum Gasteiger partial charge on any atom is -0.482 e. The third kappa shape index (κ3) is 7.03. The van der Waals surface area contributed by atoms with Crippen molar-refractivity contribution in [2.75, 3.05) is 6.61 Å². The number of nitrogens with one attached hydrogen (secondary N) is 1. The minimum absolute atomic E-state index is 0.0399. The van der Waals surface area contributed by atoms with Crippen LogP contribution in [-0.4, -0.2) is 35.4 Å². The zero-order valence-corrected chi connectivity index (χ0v) is 19.9. The lowest BCUT2D eigenvalue weighted by Crippen LogP contribution is -2.51. The fourth-order valence-electron chi connectivity index (χ4n) is 2.96. The normalized spacial score (nSPS) is 12.7. The number of carbonyl (C=O) groups excluding carboxylic acids is 2. The Hall–Kier alpha value is -2.05. The fourth-order valence-corrected chi connectivity index (χ4v) is 3.68. The SMILES string of the molecule is CC[C@H](C(=O)N[C@@H](C)CC)N(Cc1ccccc1)C(=O)COc1ccc(Br)cc1Cl. The summed E-state index contributed by atoms with van der Waals surface area (Å²) in [5.41, 5.74) is 0.947. The number of ether oxygens (including phenoxy) is 1. The van der Waals surface area contributed by atoms with Gasteiger partial charge in [0.1, 0.15) is 11.8 Å². The maximum Gasteiger partial charge on any atom is 0.261 e. The molecule has 0 fully saturated rings. The van der Waals surface area contributed by atoms with Gasteiger partial charge in [-0.05, 0) is 43.5 Å². The molecule has 0 aliphatic rings. The molecule has 0 bridgehead atoms. The van der Waals surface area contributed by atoms with Crippen LogP contribution >= 0.6 is 27.5 Å². The van der Waals surface area contributed by atoms with Gasteiger partial charge in [0.05, 0.1) is 5.02 Å². The van der Waals surface area contributed by atoms with Crippen molar-refractivity contribution in [2.24, 2.45) is 0 Å². The monoisotopic (exact) mass is 494 g/mol. The molecule has 2 rings (SSSR count).